The Hall–Kier alpha value is -2.02. The minimum absolute atomic E-state index is 0.246. The van der Waals surface area contributed by atoms with Crippen molar-refractivity contribution in [1.82, 2.24) is 5.32 Å². The maximum atomic E-state index is 11.0. The van der Waals surface area contributed by atoms with Crippen LogP contribution in [0.1, 0.15) is 22.8 Å². The molecule has 1 aromatic carbocycles. The highest BCUT2D eigenvalue weighted by Gasteiger charge is 2.17. The van der Waals surface area contributed by atoms with Crippen molar-refractivity contribution in [3.8, 4) is 0 Å². The Morgan fingerprint density at radius 2 is 2.10 bits per heavy atom. The van der Waals surface area contributed by atoms with Crippen LogP contribution in [0.3, 0.4) is 0 Å². The molecule has 4 N–H and O–H groups in total. The van der Waals surface area contributed by atoms with Gasteiger partial charge in [0.1, 0.15) is 6.04 Å². The van der Waals surface area contributed by atoms with Gasteiger partial charge in [0.25, 0.3) is 0 Å². The molecule has 1 atom stereocenters. The van der Waals surface area contributed by atoms with Crippen LogP contribution in [0.2, 0.25) is 0 Å². The number of carboxylic acid groups (broad SMARTS) is 1. The normalized spacial score (nSPS) is 11.7. The van der Waals surface area contributed by atoms with Crippen molar-refractivity contribution in [3.63, 3.8) is 0 Å². The van der Waals surface area contributed by atoms with Crippen LogP contribution in [0.15, 0.2) is 24.3 Å². The minimum Gasteiger partial charge on any atom is -0.480 e. The molecule has 0 saturated heterocycles. The number of aliphatic carboxylic acids is 1. The standard InChI is InChI=1S/C13H16N2O4S/c1-8(16)15-11(13(18)19)7-20-6-9-3-2-4-10(5-9)12(14)17/h2-5,11H,6-7H2,1H3,(H2,14,17)(H,15,16)(H,18,19)/t11-/m0/s1. The Balaban J connectivity index is 2.54. The summed E-state index contributed by atoms with van der Waals surface area (Å²) in [5.74, 6) is -1.17. The number of rotatable bonds is 7. The van der Waals surface area contributed by atoms with E-state index in [2.05, 4.69) is 5.32 Å². The SMILES string of the molecule is CC(=O)N[C@@H](CSCc1cccc(C(N)=O)c1)C(=O)O. The van der Waals surface area contributed by atoms with Gasteiger partial charge in [0.15, 0.2) is 0 Å². The first-order valence-electron chi connectivity index (χ1n) is 5.86. The molecule has 0 saturated carbocycles. The molecule has 0 aromatic heterocycles. The average molecular weight is 296 g/mol. The molecule has 0 aliphatic heterocycles. The number of hydrogen-bond donors (Lipinski definition) is 3. The van der Waals surface area contributed by atoms with E-state index < -0.39 is 17.9 Å². The van der Waals surface area contributed by atoms with Crippen molar-refractivity contribution in [2.75, 3.05) is 5.75 Å². The lowest BCUT2D eigenvalue weighted by Gasteiger charge is -2.12. The predicted molar refractivity (Wildman–Crippen MR) is 76.4 cm³/mol. The quantitative estimate of drug-likeness (QED) is 0.683. The van der Waals surface area contributed by atoms with Gasteiger partial charge in [-0.3, -0.25) is 9.59 Å². The third-order valence-corrected chi connectivity index (χ3v) is 3.55. The van der Waals surface area contributed by atoms with Crippen LogP contribution >= 0.6 is 11.8 Å². The van der Waals surface area contributed by atoms with E-state index in [9.17, 15) is 14.4 Å². The highest BCUT2D eigenvalue weighted by molar-refractivity contribution is 7.98. The second-order valence-electron chi connectivity index (χ2n) is 4.17. The number of nitrogens with one attached hydrogen (secondary N) is 1. The van der Waals surface area contributed by atoms with Gasteiger partial charge in [-0.2, -0.15) is 11.8 Å². The van der Waals surface area contributed by atoms with Gasteiger partial charge < -0.3 is 16.2 Å². The number of thioether (sulfide) groups is 1. The fourth-order valence-electron chi connectivity index (χ4n) is 1.53. The molecule has 0 heterocycles. The van der Waals surface area contributed by atoms with Gasteiger partial charge in [0.2, 0.25) is 11.8 Å². The van der Waals surface area contributed by atoms with Crippen molar-refractivity contribution in [1.29, 1.82) is 0 Å². The molecule has 0 aliphatic carbocycles. The lowest BCUT2D eigenvalue weighted by molar-refractivity contribution is -0.140. The van der Waals surface area contributed by atoms with Gasteiger partial charge >= 0.3 is 5.97 Å². The number of carbonyl (C=O) groups excluding carboxylic acids is 2. The number of carboxylic acids is 1. The van der Waals surface area contributed by atoms with Gasteiger partial charge in [-0.05, 0) is 17.7 Å². The summed E-state index contributed by atoms with van der Waals surface area (Å²) >= 11 is 1.36. The number of nitrogens with two attached hydrogens (primary N) is 1. The number of benzene rings is 1. The molecule has 6 nitrogen and oxygen atoms in total. The molecule has 7 heteroatoms. The zero-order chi connectivity index (χ0) is 15.1. The molecule has 0 aliphatic rings. The Kier molecular flexibility index (Phi) is 6.05. The molecule has 20 heavy (non-hydrogen) atoms. The van der Waals surface area contributed by atoms with Gasteiger partial charge in [0.05, 0.1) is 0 Å². The molecule has 1 aromatic rings. The molecule has 1 rings (SSSR count). The third kappa shape index (κ3) is 5.31. The van der Waals surface area contributed by atoms with E-state index in [4.69, 9.17) is 10.8 Å². The van der Waals surface area contributed by atoms with Crippen LogP contribution in [0, 0.1) is 0 Å². The first-order valence-corrected chi connectivity index (χ1v) is 7.02. The molecule has 108 valence electrons. The van der Waals surface area contributed by atoms with Crippen LogP contribution < -0.4 is 11.1 Å². The summed E-state index contributed by atoms with van der Waals surface area (Å²) in [7, 11) is 0. The molecule has 0 bridgehead atoms. The van der Waals surface area contributed by atoms with Crippen molar-refractivity contribution in [3.05, 3.63) is 35.4 Å². The van der Waals surface area contributed by atoms with Gasteiger partial charge in [-0.25, -0.2) is 4.79 Å². The van der Waals surface area contributed by atoms with Crippen LogP contribution in [0.4, 0.5) is 0 Å². The molecule has 0 radical (unpaired) electrons. The monoisotopic (exact) mass is 296 g/mol. The first kappa shape index (κ1) is 16.0. The number of amides is 2. The van der Waals surface area contributed by atoms with Crippen LogP contribution in [-0.2, 0) is 15.3 Å². The Morgan fingerprint density at radius 3 is 2.65 bits per heavy atom. The smallest absolute Gasteiger partial charge is 0.327 e. The summed E-state index contributed by atoms with van der Waals surface area (Å²) in [4.78, 5) is 32.8. The maximum Gasteiger partial charge on any atom is 0.327 e. The summed E-state index contributed by atoms with van der Waals surface area (Å²) in [5.41, 5.74) is 6.47. The number of carbonyl (C=O) groups is 3. The van der Waals surface area contributed by atoms with E-state index in [0.29, 0.717) is 11.3 Å². The fourth-order valence-corrected chi connectivity index (χ4v) is 2.52. The van der Waals surface area contributed by atoms with E-state index in [-0.39, 0.29) is 11.7 Å². The van der Waals surface area contributed by atoms with Gasteiger partial charge in [-0.1, -0.05) is 12.1 Å². The molecule has 2 amide bonds. The third-order valence-electron chi connectivity index (χ3n) is 2.44. The van der Waals surface area contributed by atoms with E-state index in [1.807, 2.05) is 6.07 Å². The van der Waals surface area contributed by atoms with Crippen LogP contribution in [0.25, 0.3) is 0 Å². The molecular weight excluding hydrogens is 280 g/mol. The second-order valence-corrected chi connectivity index (χ2v) is 5.20. The number of hydrogen-bond acceptors (Lipinski definition) is 4. The van der Waals surface area contributed by atoms with Crippen molar-refractivity contribution >= 4 is 29.5 Å². The van der Waals surface area contributed by atoms with E-state index >= 15 is 0 Å². The lowest BCUT2D eigenvalue weighted by Crippen LogP contribution is -2.41. The molecule has 0 fully saturated rings. The van der Waals surface area contributed by atoms with Crippen LogP contribution in [0.5, 0.6) is 0 Å². The molecule has 0 unspecified atom stereocenters. The van der Waals surface area contributed by atoms with E-state index in [1.165, 1.54) is 18.7 Å². The number of primary amides is 1. The Morgan fingerprint density at radius 1 is 1.40 bits per heavy atom. The summed E-state index contributed by atoms with van der Waals surface area (Å²) in [6.45, 7) is 1.27. The summed E-state index contributed by atoms with van der Waals surface area (Å²) in [6, 6.07) is 5.92. The zero-order valence-electron chi connectivity index (χ0n) is 11.0. The topological polar surface area (TPSA) is 109 Å². The maximum absolute atomic E-state index is 11.0. The summed E-state index contributed by atoms with van der Waals surface area (Å²) in [5, 5.41) is 11.3. The van der Waals surface area contributed by atoms with E-state index in [0.717, 1.165) is 5.56 Å². The minimum atomic E-state index is -1.07. The fraction of sp³-hybridized carbons (Fsp3) is 0.308. The first-order chi connectivity index (χ1) is 9.40. The highest BCUT2D eigenvalue weighted by atomic mass is 32.2. The van der Waals surface area contributed by atoms with Crippen LogP contribution in [-0.4, -0.2) is 34.7 Å². The van der Waals surface area contributed by atoms with Crippen molar-refractivity contribution in [2.45, 2.75) is 18.7 Å². The molecule has 0 spiro atoms. The zero-order valence-corrected chi connectivity index (χ0v) is 11.8. The second kappa shape index (κ2) is 7.54. The van der Waals surface area contributed by atoms with E-state index in [1.54, 1.807) is 18.2 Å². The predicted octanol–water partition coefficient (Wildman–Crippen LogP) is 0.608. The largest absolute Gasteiger partial charge is 0.480 e. The van der Waals surface area contributed by atoms with Gasteiger partial charge in [0, 0.05) is 24.0 Å². The molecular formula is C13H16N2O4S. The highest BCUT2D eigenvalue weighted by Crippen LogP contribution is 2.14. The lowest BCUT2D eigenvalue weighted by atomic mass is 10.1. The average Bonchev–Trinajstić information content (AvgIpc) is 2.37. The Labute approximate surface area is 120 Å². The Bertz CT molecular complexity index is 519. The summed E-state index contributed by atoms with van der Waals surface area (Å²) < 4.78 is 0. The van der Waals surface area contributed by atoms with Gasteiger partial charge in [-0.15, -0.1) is 0 Å². The van der Waals surface area contributed by atoms with Crippen molar-refractivity contribution in [2.24, 2.45) is 5.73 Å². The summed E-state index contributed by atoms with van der Waals surface area (Å²) in [6.07, 6.45) is 0. The van der Waals surface area contributed by atoms with Crippen molar-refractivity contribution < 1.29 is 19.5 Å².